The number of rotatable bonds is 4. The summed E-state index contributed by atoms with van der Waals surface area (Å²) in [6.45, 7) is 4.25. The van der Waals surface area contributed by atoms with Crippen molar-refractivity contribution in [3.8, 4) is 11.8 Å². The first-order chi connectivity index (χ1) is 14.0. The van der Waals surface area contributed by atoms with Crippen LogP contribution in [-0.4, -0.2) is 36.5 Å². The fourth-order valence-corrected chi connectivity index (χ4v) is 4.56. The Morgan fingerprint density at radius 1 is 1.17 bits per heavy atom. The van der Waals surface area contributed by atoms with Crippen LogP contribution in [0.2, 0.25) is 0 Å². The topological polar surface area (TPSA) is 87.5 Å². The van der Waals surface area contributed by atoms with Crippen LogP contribution in [0.3, 0.4) is 0 Å². The summed E-state index contributed by atoms with van der Waals surface area (Å²) >= 11 is 0. The first-order valence-corrected chi connectivity index (χ1v) is 10.7. The third-order valence-corrected chi connectivity index (χ3v) is 5.96. The lowest BCUT2D eigenvalue weighted by Gasteiger charge is -2.41. The van der Waals surface area contributed by atoms with Gasteiger partial charge in [0.2, 0.25) is 5.91 Å². The molecule has 4 N–H and O–H groups in total. The van der Waals surface area contributed by atoms with Gasteiger partial charge in [-0.3, -0.25) is 9.59 Å². The van der Waals surface area contributed by atoms with Crippen molar-refractivity contribution in [2.45, 2.75) is 76.5 Å². The summed E-state index contributed by atoms with van der Waals surface area (Å²) in [5.41, 5.74) is 7.56. The molecule has 2 atom stereocenters. The Kier molecular flexibility index (Phi) is 7.29. The van der Waals surface area contributed by atoms with E-state index < -0.39 is 0 Å². The van der Waals surface area contributed by atoms with E-state index in [1.54, 1.807) is 0 Å². The highest BCUT2D eigenvalue weighted by molar-refractivity contribution is 5.95. The third kappa shape index (κ3) is 5.17. The molecule has 1 aromatic carbocycles. The monoisotopic (exact) mass is 396 g/mol. The van der Waals surface area contributed by atoms with E-state index in [2.05, 4.69) is 41.5 Å². The average molecular weight is 397 g/mol. The number of hydrogen-bond donors (Lipinski definition) is 3. The highest BCUT2D eigenvalue weighted by Gasteiger charge is 2.34. The van der Waals surface area contributed by atoms with Gasteiger partial charge >= 0.3 is 0 Å². The smallest absolute Gasteiger partial charge is 0.296 e. The van der Waals surface area contributed by atoms with Crippen LogP contribution in [0.25, 0.3) is 0 Å². The zero-order valence-electron chi connectivity index (χ0n) is 17.4. The Morgan fingerprint density at radius 3 is 2.55 bits per heavy atom. The number of amides is 2. The van der Waals surface area contributed by atoms with Crippen LogP contribution in [0.15, 0.2) is 24.3 Å². The molecule has 1 aromatic rings. The summed E-state index contributed by atoms with van der Waals surface area (Å²) in [7, 11) is 0. The number of fused-ring (bicyclic) bond motifs is 1. The summed E-state index contributed by atoms with van der Waals surface area (Å²) in [6.07, 6.45) is 5.34. The van der Waals surface area contributed by atoms with Crippen molar-refractivity contribution in [1.29, 1.82) is 0 Å². The van der Waals surface area contributed by atoms with Crippen LogP contribution in [0.5, 0.6) is 0 Å². The lowest BCUT2D eigenvalue weighted by atomic mass is 9.87. The van der Waals surface area contributed by atoms with Crippen molar-refractivity contribution < 1.29 is 9.59 Å². The SMILES string of the molecule is CCC(=O)N1c2ccccc2[C@H](NC2CCC(NC(=O)C#CCN)CC2)C[C@@H]1C. The molecule has 1 fully saturated rings. The lowest BCUT2D eigenvalue weighted by Crippen LogP contribution is -2.48. The largest absolute Gasteiger partial charge is 0.343 e. The number of carbonyl (C=O) groups excluding carboxylic acids is 2. The first-order valence-electron chi connectivity index (χ1n) is 10.7. The van der Waals surface area contributed by atoms with E-state index >= 15 is 0 Å². The van der Waals surface area contributed by atoms with Crippen LogP contribution >= 0.6 is 0 Å². The van der Waals surface area contributed by atoms with Gasteiger partial charge in [0.25, 0.3) is 5.91 Å². The predicted molar refractivity (Wildman–Crippen MR) is 115 cm³/mol. The van der Waals surface area contributed by atoms with Crippen LogP contribution in [0.1, 0.15) is 64.0 Å². The van der Waals surface area contributed by atoms with Gasteiger partial charge in [-0.1, -0.05) is 31.0 Å². The van der Waals surface area contributed by atoms with E-state index in [-0.39, 0.29) is 36.5 Å². The van der Waals surface area contributed by atoms with Crippen LogP contribution in [0.4, 0.5) is 5.69 Å². The summed E-state index contributed by atoms with van der Waals surface area (Å²) in [5, 5.41) is 6.82. The van der Waals surface area contributed by atoms with E-state index in [0.29, 0.717) is 12.5 Å². The number of para-hydroxylation sites is 1. The molecule has 6 nitrogen and oxygen atoms in total. The molecular formula is C23H32N4O2. The maximum Gasteiger partial charge on any atom is 0.296 e. The second-order valence-electron chi connectivity index (χ2n) is 8.01. The number of hydrogen-bond acceptors (Lipinski definition) is 4. The minimum Gasteiger partial charge on any atom is -0.343 e. The fourth-order valence-electron chi connectivity index (χ4n) is 4.56. The van der Waals surface area contributed by atoms with E-state index in [1.165, 1.54) is 5.56 Å². The van der Waals surface area contributed by atoms with E-state index in [1.807, 2.05) is 24.0 Å². The third-order valence-electron chi connectivity index (χ3n) is 5.96. The van der Waals surface area contributed by atoms with Crippen LogP contribution in [-0.2, 0) is 9.59 Å². The number of nitrogens with zero attached hydrogens (tertiary/aromatic N) is 1. The number of anilines is 1. The fraction of sp³-hybridized carbons (Fsp3) is 0.565. The van der Waals surface area contributed by atoms with Crippen molar-refractivity contribution in [3.05, 3.63) is 29.8 Å². The first kappa shape index (κ1) is 21.4. The molecule has 1 saturated carbocycles. The second-order valence-corrected chi connectivity index (χ2v) is 8.01. The molecule has 6 heteroatoms. The Bertz CT molecular complexity index is 790. The van der Waals surface area contributed by atoms with Crippen molar-refractivity contribution in [2.75, 3.05) is 11.4 Å². The van der Waals surface area contributed by atoms with E-state index in [0.717, 1.165) is 37.8 Å². The van der Waals surface area contributed by atoms with Gasteiger partial charge in [-0.25, -0.2) is 0 Å². The maximum absolute atomic E-state index is 12.5. The zero-order chi connectivity index (χ0) is 20.8. The van der Waals surface area contributed by atoms with Gasteiger partial charge in [0.1, 0.15) is 0 Å². The molecule has 0 spiro atoms. The molecule has 0 radical (unpaired) electrons. The minimum absolute atomic E-state index is 0.173. The van der Waals surface area contributed by atoms with Crippen LogP contribution < -0.4 is 21.3 Å². The van der Waals surface area contributed by atoms with Gasteiger partial charge in [0.05, 0.1) is 6.54 Å². The molecule has 2 amide bonds. The maximum atomic E-state index is 12.5. The summed E-state index contributed by atoms with van der Waals surface area (Å²) < 4.78 is 0. The predicted octanol–water partition coefficient (Wildman–Crippen LogP) is 2.24. The molecule has 3 rings (SSSR count). The molecule has 0 bridgehead atoms. The number of nitrogens with one attached hydrogen (secondary N) is 2. The number of carbonyl (C=O) groups is 2. The van der Waals surface area contributed by atoms with Gasteiger partial charge in [-0.15, -0.1) is 0 Å². The average Bonchev–Trinajstić information content (AvgIpc) is 2.73. The Morgan fingerprint density at radius 2 is 1.86 bits per heavy atom. The minimum atomic E-state index is -0.234. The summed E-state index contributed by atoms with van der Waals surface area (Å²) in [5.74, 6) is 5.07. The van der Waals surface area contributed by atoms with Gasteiger partial charge in [-0.05, 0) is 56.6 Å². The standard InChI is InChI=1S/C23H32N4O2/c1-3-23(29)27-16(2)15-20(19-7-4-5-8-21(19)27)25-17-10-12-18(13-11-17)26-22(28)9-6-14-24/h4-5,7-8,16-18,20,25H,3,10-15,24H2,1-2H3,(H,26,28)/t16-,17?,18?,20+/m0/s1. The van der Waals surface area contributed by atoms with Gasteiger partial charge in [-0.2, -0.15) is 0 Å². The molecule has 29 heavy (non-hydrogen) atoms. The van der Waals surface area contributed by atoms with Gasteiger partial charge in [0.15, 0.2) is 0 Å². The number of benzene rings is 1. The molecule has 1 aliphatic carbocycles. The molecule has 0 aromatic heterocycles. The summed E-state index contributed by atoms with van der Waals surface area (Å²) in [4.78, 5) is 26.2. The van der Waals surface area contributed by atoms with Crippen molar-refractivity contribution in [3.63, 3.8) is 0 Å². The lowest BCUT2D eigenvalue weighted by molar-refractivity contribution is -0.119. The van der Waals surface area contributed by atoms with E-state index in [9.17, 15) is 9.59 Å². The zero-order valence-corrected chi connectivity index (χ0v) is 17.4. The van der Waals surface area contributed by atoms with E-state index in [4.69, 9.17) is 5.73 Å². The molecular weight excluding hydrogens is 364 g/mol. The quantitative estimate of drug-likeness (QED) is 0.681. The van der Waals surface area contributed by atoms with Crippen molar-refractivity contribution in [2.24, 2.45) is 5.73 Å². The Balaban J connectivity index is 1.61. The molecule has 1 aliphatic heterocycles. The second kappa shape index (κ2) is 9.91. The normalized spacial score (nSPS) is 26.1. The molecule has 156 valence electrons. The van der Waals surface area contributed by atoms with Crippen molar-refractivity contribution in [1.82, 2.24) is 10.6 Å². The highest BCUT2D eigenvalue weighted by Crippen LogP contribution is 2.38. The Hall–Kier alpha value is -2.36. The Labute approximate surface area is 173 Å². The van der Waals surface area contributed by atoms with Gasteiger partial charge < -0.3 is 21.3 Å². The van der Waals surface area contributed by atoms with Crippen LogP contribution in [0, 0.1) is 11.8 Å². The molecule has 0 unspecified atom stereocenters. The summed E-state index contributed by atoms with van der Waals surface area (Å²) in [6, 6.07) is 9.26. The molecule has 0 saturated heterocycles. The van der Waals surface area contributed by atoms with Gasteiger partial charge in [0, 0.05) is 36.3 Å². The molecule has 2 aliphatic rings. The number of nitrogens with two attached hydrogens (primary N) is 1. The van der Waals surface area contributed by atoms with Crippen molar-refractivity contribution >= 4 is 17.5 Å². The molecule has 1 heterocycles. The highest BCUT2D eigenvalue weighted by atomic mass is 16.2.